The predicted octanol–water partition coefficient (Wildman–Crippen LogP) is 2.49. The third kappa shape index (κ3) is 5.89. The molecule has 0 radical (unpaired) electrons. The van der Waals surface area contributed by atoms with Crippen LogP contribution in [0.4, 0.5) is 9.59 Å². The van der Waals surface area contributed by atoms with Gasteiger partial charge in [0.1, 0.15) is 11.2 Å². The summed E-state index contributed by atoms with van der Waals surface area (Å²) in [5.41, 5.74) is -1.13. The van der Waals surface area contributed by atoms with Crippen molar-refractivity contribution in [2.24, 2.45) is 0 Å². The Hall–Kier alpha value is -1.50. The van der Waals surface area contributed by atoms with Crippen molar-refractivity contribution in [3.63, 3.8) is 0 Å². The molecule has 0 saturated carbocycles. The van der Waals surface area contributed by atoms with Gasteiger partial charge in [0.2, 0.25) is 0 Å². The average Bonchev–Trinajstić information content (AvgIpc) is 2.77. The van der Waals surface area contributed by atoms with Crippen molar-refractivity contribution in [2.45, 2.75) is 64.9 Å². The zero-order valence-corrected chi connectivity index (χ0v) is 15.5. The average molecular weight is 330 g/mol. The monoisotopic (exact) mass is 330 g/mol. The van der Waals surface area contributed by atoms with Crippen LogP contribution < -0.4 is 0 Å². The second-order valence-corrected chi connectivity index (χ2v) is 7.82. The van der Waals surface area contributed by atoms with E-state index in [9.17, 15) is 9.59 Å². The molecule has 134 valence electrons. The number of nitrogens with zero attached hydrogens (tertiary/aromatic N) is 2. The molecule has 1 heterocycles. The van der Waals surface area contributed by atoms with E-state index in [1.807, 2.05) is 41.5 Å². The molecule has 0 aromatic carbocycles. The molecule has 2 atom stereocenters. The van der Waals surface area contributed by atoms with Gasteiger partial charge in [-0.3, -0.25) is 0 Å². The van der Waals surface area contributed by atoms with Crippen molar-refractivity contribution in [2.75, 3.05) is 27.2 Å². The summed E-state index contributed by atoms with van der Waals surface area (Å²) >= 11 is 0. The van der Waals surface area contributed by atoms with Gasteiger partial charge in [-0.15, -0.1) is 0 Å². The van der Waals surface area contributed by atoms with Crippen LogP contribution in [-0.2, 0) is 14.2 Å². The van der Waals surface area contributed by atoms with E-state index in [1.165, 1.54) is 4.90 Å². The molecule has 0 spiro atoms. The van der Waals surface area contributed by atoms with Gasteiger partial charge >= 0.3 is 12.2 Å². The van der Waals surface area contributed by atoms with Crippen molar-refractivity contribution in [3.05, 3.63) is 0 Å². The number of amides is 2. The lowest BCUT2D eigenvalue weighted by molar-refractivity contribution is 0.00378. The van der Waals surface area contributed by atoms with Gasteiger partial charge in [0.15, 0.2) is 0 Å². The van der Waals surface area contributed by atoms with E-state index in [4.69, 9.17) is 14.2 Å². The van der Waals surface area contributed by atoms with Gasteiger partial charge in [-0.2, -0.15) is 0 Å². The lowest BCUT2D eigenvalue weighted by Crippen LogP contribution is -2.47. The highest BCUT2D eigenvalue weighted by atomic mass is 16.6. The fourth-order valence-electron chi connectivity index (χ4n) is 2.31. The molecule has 1 saturated heterocycles. The molecule has 0 aliphatic carbocycles. The van der Waals surface area contributed by atoms with E-state index in [0.717, 1.165) is 0 Å². The summed E-state index contributed by atoms with van der Waals surface area (Å²) in [5.74, 6) is 0. The van der Waals surface area contributed by atoms with Gasteiger partial charge in [-0.25, -0.2) is 9.59 Å². The molecule has 2 amide bonds. The number of likely N-dealkylation sites (N-methyl/N-ethyl adjacent to an activating group) is 1. The Labute approximate surface area is 138 Å². The molecule has 23 heavy (non-hydrogen) atoms. The van der Waals surface area contributed by atoms with Crippen LogP contribution >= 0.6 is 0 Å². The highest BCUT2D eigenvalue weighted by Gasteiger charge is 2.41. The summed E-state index contributed by atoms with van der Waals surface area (Å²) < 4.78 is 16.2. The second kappa shape index (κ2) is 6.95. The van der Waals surface area contributed by atoms with E-state index >= 15 is 0 Å². The SMILES string of the molecule is CO[C@H]1CN(C(=O)OC(C)(C)C)C[C@H]1N(C)C(=O)OC(C)(C)C. The van der Waals surface area contributed by atoms with Crippen LogP contribution in [0.25, 0.3) is 0 Å². The maximum atomic E-state index is 12.2. The first-order valence-electron chi connectivity index (χ1n) is 7.80. The van der Waals surface area contributed by atoms with Crippen molar-refractivity contribution in [3.8, 4) is 0 Å². The highest BCUT2D eigenvalue weighted by molar-refractivity contribution is 5.70. The summed E-state index contributed by atoms with van der Waals surface area (Å²) in [6, 6.07) is -0.276. The minimum Gasteiger partial charge on any atom is -0.444 e. The standard InChI is InChI=1S/C16H30N2O5/c1-15(2,3)22-13(19)17(7)11-9-18(10-12(11)21-8)14(20)23-16(4,5)6/h11-12H,9-10H2,1-8H3/t11-,12+/m1/s1. The van der Waals surface area contributed by atoms with Crippen LogP contribution in [0.1, 0.15) is 41.5 Å². The summed E-state index contributed by atoms with van der Waals surface area (Å²) in [4.78, 5) is 27.5. The largest absolute Gasteiger partial charge is 0.444 e. The maximum absolute atomic E-state index is 12.2. The smallest absolute Gasteiger partial charge is 0.410 e. The lowest BCUT2D eigenvalue weighted by atomic mass is 10.2. The van der Waals surface area contributed by atoms with Crippen LogP contribution in [-0.4, -0.2) is 72.6 Å². The molecule has 0 aromatic heterocycles. The van der Waals surface area contributed by atoms with Crippen molar-refractivity contribution in [1.82, 2.24) is 9.80 Å². The number of methoxy groups -OCH3 is 1. The number of likely N-dealkylation sites (tertiary alicyclic amines) is 1. The molecule has 0 N–H and O–H groups in total. The molecule has 1 aliphatic rings. The molecule has 0 bridgehead atoms. The number of carbonyl (C=O) groups excluding carboxylic acids is 2. The summed E-state index contributed by atoms with van der Waals surface area (Å²) in [6.07, 6.45) is -1.12. The Morgan fingerprint density at radius 1 is 1.00 bits per heavy atom. The molecule has 7 nitrogen and oxygen atoms in total. The first-order valence-corrected chi connectivity index (χ1v) is 7.80. The molecular weight excluding hydrogens is 300 g/mol. The van der Waals surface area contributed by atoms with Gasteiger partial charge in [0.05, 0.1) is 18.7 Å². The van der Waals surface area contributed by atoms with Crippen molar-refractivity contribution in [1.29, 1.82) is 0 Å². The topological polar surface area (TPSA) is 68.3 Å². The number of hydrogen-bond acceptors (Lipinski definition) is 5. The minimum absolute atomic E-state index is 0.276. The van der Waals surface area contributed by atoms with Crippen LogP contribution in [0.15, 0.2) is 0 Å². The number of ether oxygens (including phenoxy) is 3. The quantitative estimate of drug-likeness (QED) is 0.778. The Morgan fingerprint density at radius 3 is 1.96 bits per heavy atom. The van der Waals surface area contributed by atoms with Gasteiger partial charge < -0.3 is 24.0 Å². The molecular formula is C16H30N2O5. The first-order chi connectivity index (χ1) is 10.3. The first kappa shape index (κ1) is 19.5. The molecule has 7 heteroatoms. The van der Waals surface area contributed by atoms with E-state index < -0.39 is 23.4 Å². The van der Waals surface area contributed by atoms with Crippen LogP contribution in [0.2, 0.25) is 0 Å². The summed E-state index contributed by atoms with van der Waals surface area (Å²) in [7, 11) is 3.22. The molecule has 1 aliphatic heterocycles. The molecule has 0 unspecified atom stereocenters. The Balaban J connectivity index is 2.75. The number of hydrogen-bond donors (Lipinski definition) is 0. The van der Waals surface area contributed by atoms with Crippen molar-refractivity contribution >= 4 is 12.2 Å². The molecule has 1 fully saturated rings. The summed E-state index contributed by atoms with van der Waals surface area (Å²) in [5, 5.41) is 0. The van der Waals surface area contributed by atoms with Crippen LogP contribution in [0.3, 0.4) is 0 Å². The predicted molar refractivity (Wildman–Crippen MR) is 86.4 cm³/mol. The fourth-order valence-corrected chi connectivity index (χ4v) is 2.31. The third-order valence-electron chi connectivity index (χ3n) is 3.37. The summed E-state index contributed by atoms with van der Waals surface area (Å²) in [6.45, 7) is 11.6. The number of rotatable bonds is 2. The van der Waals surface area contributed by atoms with Crippen LogP contribution in [0, 0.1) is 0 Å². The second-order valence-electron chi connectivity index (χ2n) is 7.82. The zero-order valence-electron chi connectivity index (χ0n) is 15.5. The molecule has 1 rings (SSSR count). The normalized spacial score (nSPS) is 22.0. The Morgan fingerprint density at radius 2 is 1.52 bits per heavy atom. The zero-order chi connectivity index (χ0) is 18.0. The van der Waals surface area contributed by atoms with E-state index in [0.29, 0.717) is 13.1 Å². The van der Waals surface area contributed by atoms with Crippen molar-refractivity contribution < 1.29 is 23.8 Å². The Bertz CT molecular complexity index is 439. The minimum atomic E-state index is -0.572. The van der Waals surface area contributed by atoms with Gasteiger partial charge in [-0.1, -0.05) is 0 Å². The molecule has 0 aromatic rings. The van der Waals surface area contributed by atoms with Gasteiger partial charge in [0, 0.05) is 20.7 Å². The fraction of sp³-hybridized carbons (Fsp3) is 0.875. The lowest BCUT2D eigenvalue weighted by Gasteiger charge is -2.30. The van der Waals surface area contributed by atoms with E-state index in [1.54, 1.807) is 19.1 Å². The third-order valence-corrected chi connectivity index (χ3v) is 3.37. The highest BCUT2D eigenvalue weighted by Crippen LogP contribution is 2.22. The van der Waals surface area contributed by atoms with Crippen LogP contribution in [0.5, 0.6) is 0 Å². The van der Waals surface area contributed by atoms with Gasteiger partial charge in [-0.05, 0) is 41.5 Å². The Kier molecular flexibility index (Phi) is 5.90. The van der Waals surface area contributed by atoms with Gasteiger partial charge in [0.25, 0.3) is 0 Å². The number of carbonyl (C=O) groups is 2. The van der Waals surface area contributed by atoms with E-state index in [-0.39, 0.29) is 12.1 Å². The van der Waals surface area contributed by atoms with E-state index in [2.05, 4.69) is 0 Å². The maximum Gasteiger partial charge on any atom is 0.410 e.